The lowest BCUT2D eigenvalue weighted by Crippen LogP contribution is -1.89. The number of benzene rings is 1. The number of aromatic hydroxyl groups is 1. The highest BCUT2D eigenvalue weighted by atomic mass is 19.1. The minimum Gasteiger partial charge on any atom is -0.507 e. The van der Waals surface area contributed by atoms with E-state index in [0.29, 0.717) is 23.1 Å². The van der Waals surface area contributed by atoms with Gasteiger partial charge in [-0.05, 0) is 30.2 Å². The zero-order chi connectivity index (χ0) is 10.8. The molecule has 2 nitrogen and oxygen atoms in total. The molecule has 0 fully saturated rings. The maximum atomic E-state index is 13.5. The number of hydrogen-bond donors (Lipinski definition) is 1. The van der Waals surface area contributed by atoms with Crippen LogP contribution in [0, 0.1) is 5.82 Å². The Morgan fingerprint density at radius 1 is 1.40 bits per heavy atom. The van der Waals surface area contributed by atoms with E-state index in [9.17, 15) is 9.50 Å². The van der Waals surface area contributed by atoms with Crippen molar-refractivity contribution in [2.24, 2.45) is 0 Å². The summed E-state index contributed by atoms with van der Waals surface area (Å²) in [7, 11) is 0. The normalized spacial score (nSPS) is 10.5. The minimum absolute atomic E-state index is 0.0784. The third-order valence-electron chi connectivity index (χ3n) is 2.38. The van der Waals surface area contributed by atoms with Crippen LogP contribution in [0.3, 0.4) is 0 Å². The summed E-state index contributed by atoms with van der Waals surface area (Å²) in [5, 5.41) is 9.71. The Labute approximate surface area is 87.0 Å². The lowest BCUT2D eigenvalue weighted by atomic mass is 10.0. The van der Waals surface area contributed by atoms with E-state index in [0.717, 1.165) is 0 Å². The summed E-state index contributed by atoms with van der Waals surface area (Å²) in [4.78, 5) is 0. The predicted octanol–water partition coefficient (Wildman–Crippen LogP) is 3.35. The van der Waals surface area contributed by atoms with Gasteiger partial charge in [0.25, 0.3) is 0 Å². The van der Waals surface area contributed by atoms with E-state index >= 15 is 0 Å². The molecule has 0 saturated carbocycles. The summed E-state index contributed by atoms with van der Waals surface area (Å²) in [6.45, 7) is 1.84. The van der Waals surface area contributed by atoms with Crippen LogP contribution in [0.2, 0.25) is 0 Å². The molecule has 0 radical (unpaired) electrons. The van der Waals surface area contributed by atoms with Gasteiger partial charge in [-0.3, -0.25) is 0 Å². The van der Waals surface area contributed by atoms with Crippen molar-refractivity contribution in [2.75, 3.05) is 0 Å². The molecule has 2 aromatic rings. The highest BCUT2D eigenvalue weighted by Crippen LogP contribution is 2.31. The van der Waals surface area contributed by atoms with Crippen LogP contribution in [0.15, 0.2) is 35.1 Å². The Morgan fingerprint density at radius 2 is 2.20 bits per heavy atom. The fourth-order valence-corrected chi connectivity index (χ4v) is 1.52. The standard InChI is InChI=1S/C12H11FO2/c1-2-8-5-12(14)10(6-11(8)13)9-3-4-15-7-9/h3-7,14H,2H2,1H3. The minimum atomic E-state index is -0.300. The first-order valence-corrected chi connectivity index (χ1v) is 4.76. The Morgan fingerprint density at radius 3 is 2.80 bits per heavy atom. The fourth-order valence-electron chi connectivity index (χ4n) is 1.52. The van der Waals surface area contributed by atoms with Crippen molar-refractivity contribution in [3.8, 4) is 16.9 Å². The maximum absolute atomic E-state index is 13.5. The van der Waals surface area contributed by atoms with Crippen molar-refractivity contribution in [1.29, 1.82) is 0 Å². The van der Waals surface area contributed by atoms with Crippen LogP contribution in [0.5, 0.6) is 5.75 Å². The molecule has 0 spiro atoms. The first-order valence-electron chi connectivity index (χ1n) is 4.76. The number of phenolic OH excluding ortho intramolecular Hbond substituents is 1. The van der Waals surface area contributed by atoms with E-state index in [1.807, 2.05) is 6.92 Å². The van der Waals surface area contributed by atoms with Crippen LogP contribution >= 0.6 is 0 Å². The van der Waals surface area contributed by atoms with E-state index in [-0.39, 0.29) is 11.6 Å². The van der Waals surface area contributed by atoms with Gasteiger partial charge in [0.1, 0.15) is 11.6 Å². The van der Waals surface area contributed by atoms with Crippen LogP contribution in [-0.4, -0.2) is 5.11 Å². The quantitative estimate of drug-likeness (QED) is 0.817. The highest BCUT2D eigenvalue weighted by molar-refractivity contribution is 5.69. The Bertz CT molecular complexity index is 461. The molecular formula is C12H11FO2. The molecule has 0 saturated heterocycles. The molecule has 0 bridgehead atoms. The average Bonchev–Trinajstić information content (AvgIpc) is 2.74. The maximum Gasteiger partial charge on any atom is 0.127 e. The molecule has 1 heterocycles. The zero-order valence-electron chi connectivity index (χ0n) is 8.33. The van der Waals surface area contributed by atoms with Gasteiger partial charge in [-0.15, -0.1) is 0 Å². The Hall–Kier alpha value is -1.77. The van der Waals surface area contributed by atoms with Crippen LogP contribution in [0.25, 0.3) is 11.1 Å². The summed E-state index contributed by atoms with van der Waals surface area (Å²) in [6, 6.07) is 4.47. The van der Waals surface area contributed by atoms with Crippen LogP contribution in [-0.2, 0) is 6.42 Å². The largest absolute Gasteiger partial charge is 0.507 e. The molecule has 0 amide bonds. The fraction of sp³-hybridized carbons (Fsp3) is 0.167. The molecule has 78 valence electrons. The molecule has 15 heavy (non-hydrogen) atoms. The summed E-state index contributed by atoms with van der Waals surface area (Å²) < 4.78 is 18.4. The molecule has 0 aliphatic heterocycles. The van der Waals surface area contributed by atoms with Crippen LogP contribution in [0.4, 0.5) is 4.39 Å². The zero-order valence-corrected chi connectivity index (χ0v) is 8.33. The summed E-state index contributed by atoms with van der Waals surface area (Å²) in [5.41, 5.74) is 1.65. The molecule has 0 atom stereocenters. The van der Waals surface area contributed by atoms with Crippen LogP contribution in [0.1, 0.15) is 12.5 Å². The number of halogens is 1. The second-order valence-electron chi connectivity index (χ2n) is 3.33. The Balaban J connectivity index is 2.55. The van der Waals surface area contributed by atoms with E-state index < -0.39 is 0 Å². The molecule has 0 aliphatic carbocycles. The third kappa shape index (κ3) is 1.73. The van der Waals surface area contributed by atoms with Gasteiger partial charge in [-0.1, -0.05) is 6.92 Å². The van der Waals surface area contributed by atoms with Gasteiger partial charge in [0.2, 0.25) is 0 Å². The number of aryl methyl sites for hydroxylation is 1. The van der Waals surface area contributed by atoms with Crippen molar-refractivity contribution in [3.63, 3.8) is 0 Å². The van der Waals surface area contributed by atoms with Crippen LogP contribution < -0.4 is 0 Å². The number of furan rings is 1. The monoisotopic (exact) mass is 206 g/mol. The summed E-state index contributed by atoms with van der Waals surface area (Å²) >= 11 is 0. The first kappa shape index (κ1) is 9.77. The first-order chi connectivity index (χ1) is 7.22. The lowest BCUT2D eigenvalue weighted by molar-refractivity contribution is 0.473. The molecule has 0 unspecified atom stereocenters. The second-order valence-corrected chi connectivity index (χ2v) is 3.33. The van der Waals surface area contributed by atoms with Crippen molar-refractivity contribution < 1.29 is 13.9 Å². The topological polar surface area (TPSA) is 33.4 Å². The van der Waals surface area contributed by atoms with E-state index in [2.05, 4.69) is 0 Å². The second kappa shape index (κ2) is 3.77. The number of hydrogen-bond acceptors (Lipinski definition) is 2. The van der Waals surface area contributed by atoms with Gasteiger partial charge in [-0.2, -0.15) is 0 Å². The molecule has 0 aliphatic rings. The summed E-state index contributed by atoms with van der Waals surface area (Å²) in [5.74, 6) is -0.221. The highest BCUT2D eigenvalue weighted by Gasteiger charge is 2.10. The van der Waals surface area contributed by atoms with Crippen molar-refractivity contribution in [2.45, 2.75) is 13.3 Å². The van der Waals surface area contributed by atoms with E-state index in [1.165, 1.54) is 24.7 Å². The van der Waals surface area contributed by atoms with Gasteiger partial charge in [0.05, 0.1) is 12.5 Å². The van der Waals surface area contributed by atoms with Crippen molar-refractivity contribution >= 4 is 0 Å². The lowest BCUT2D eigenvalue weighted by Gasteiger charge is -2.05. The van der Waals surface area contributed by atoms with E-state index in [1.54, 1.807) is 6.07 Å². The van der Waals surface area contributed by atoms with Crippen molar-refractivity contribution in [1.82, 2.24) is 0 Å². The molecule has 3 heteroatoms. The van der Waals surface area contributed by atoms with Gasteiger partial charge in [0.15, 0.2) is 0 Å². The summed E-state index contributed by atoms with van der Waals surface area (Å²) in [6.07, 6.45) is 3.52. The van der Waals surface area contributed by atoms with Gasteiger partial charge < -0.3 is 9.52 Å². The molecule has 1 aromatic heterocycles. The number of phenols is 1. The van der Waals surface area contributed by atoms with Gasteiger partial charge in [-0.25, -0.2) is 4.39 Å². The van der Waals surface area contributed by atoms with Gasteiger partial charge in [0, 0.05) is 11.1 Å². The third-order valence-corrected chi connectivity index (χ3v) is 2.38. The Kier molecular flexibility index (Phi) is 2.46. The van der Waals surface area contributed by atoms with Gasteiger partial charge >= 0.3 is 0 Å². The smallest absolute Gasteiger partial charge is 0.127 e. The molecule has 1 aromatic carbocycles. The van der Waals surface area contributed by atoms with E-state index in [4.69, 9.17) is 4.42 Å². The average molecular weight is 206 g/mol. The molecule has 2 rings (SSSR count). The number of rotatable bonds is 2. The predicted molar refractivity (Wildman–Crippen MR) is 55.1 cm³/mol. The van der Waals surface area contributed by atoms with Crippen molar-refractivity contribution in [3.05, 3.63) is 42.1 Å². The molecular weight excluding hydrogens is 195 g/mol. The molecule has 1 N–H and O–H groups in total. The SMILES string of the molecule is CCc1cc(O)c(-c2ccoc2)cc1F.